The molecule has 1 fully saturated rings. The maximum atomic E-state index is 5.92. The topological polar surface area (TPSA) is 53.1 Å². The summed E-state index contributed by atoms with van der Waals surface area (Å²) in [4.78, 5) is 0. The lowest BCUT2D eigenvalue weighted by Crippen LogP contribution is -2.08. The second-order valence-corrected chi connectivity index (χ2v) is 5.35. The van der Waals surface area contributed by atoms with Crippen LogP contribution in [0.4, 0.5) is 5.69 Å². The lowest BCUT2D eigenvalue weighted by Gasteiger charge is -2.13. The van der Waals surface area contributed by atoms with E-state index in [2.05, 4.69) is 11.2 Å². The second-order valence-electron chi connectivity index (χ2n) is 5.35. The van der Waals surface area contributed by atoms with Crippen molar-refractivity contribution in [2.45, 2.75) is 38.7 Å². The van der Waals surface area contributed by atoms with Gasteiger partial charge in [0, 0.05) is 18.2 Å². The van der Waals surface area contributed by atoms with Gasteiger partial charge in [-0.2, -0.15) is 5.10 Å². The molecule has 3 rings (SSSR count). The third-order valence-electron chi connectivity index (χ3n) is 3.23. The van der Waals surface area contributed by atoms with E-state index in [1.165, 1.54) is 18.5 Å². The minimum Gasteiger partial charge on any atom is -0.489 e. The van der Waals surface area contributed by atoms with Gasteiger partial charge < -0.3 is 10.5 Å². The van der Waals surface area contributed by atoms with Crippen LogP contribution in [0.1, 0.15) is 38.3 Å². The normalized spacial score (nSPS) is 14.9. The summed E-state index contributed by atoms with van der Waals surface area (Å²) in [5.74, 6) is 1.39. The zero-order valence-electron chi connectivity index (χ0n) is 11.3. The third kappa shape index (κ3) is 2.57. The highest BCUT2D eigenvalue weighted by atomic mass is 16.5. The predicted octanol–water partition coefficient (Wildman–Crippen LogP) is 3.12. The highest BCUT2D eigenvalue weighted by molar-refractivity contribution is 5.57. The second kappa shape index (κ2) is 4.61. The summed E-state index contributed by atoms with van der Waals surface area (Å²) in [6.45, 7) is 3.98. The average molecular weight is 257 g/mol. The first-order chi connectivity index (χ1) is 9.13. The van der Waals surface area contributed by atoms with Crippen molar-refractivity contribution in [3.8, 4) is 11.4 Å². The molecule has 4 nitrogen and oxygen atoms in total. The van der Waals surface area contributed by atoms with Gasteiger partial charge in [0.1, 0.15) is 5.75 Å². The summed E-state index contributed by atoms with van der Waals surface area (Å²) in [5.41, 5.74) is 8.75. The van der Waals surface area contributed by atoms with Gasteiger partial charge in [-0.15, -0.1) is 0 Å². The molecule has 0 unspecified atom stereocenters. The van der Waals surface area contributed by atoms with E-state index in [1.807, 2.05) is 42.9 Å². The number of hydrogen-bond acceptors (Lipinski definition) is 3. The lowest BCUT2D eigenvalue weighted by atomic mass is 10.2. The number of rotatable bonds is 4. The maximum Gasteiger partial charge on any atom is 0.144 e. The molecule has 0 atom stereocenters. The van der Waals surface area contributed by atoms with Crippen molar-refractivity contribution in [2.24, 2.45) is 0 Å². The fraction of sp³-hybridized carbons (Fsp3) is 0.400. The van der Waals surface area contributed by atoms with E-state index < -0.39 is 0 Å². The maximum absolute atomic E-state index is 5.92. The molecular formula is C15H19N3O. The van der Waals surface area contributed by atoms with E-state index in [9.17, 15) is 0 Å². The summed E-state index contributed by atoms with van der Waals surface area (Å²) in [5, 5.41) is 4.61. The number of nitrogens with zero attached hydrogens (tertiary/aromatic N) is 2. The first-order valence-electron chi connectivity index (χ1n) is 6.75. The van der Waals surface area contributed by atoms with Crippen molar-refractivity contribution in [1.29, 1.82) is 0 Å². The molecular weight excluding hydrogens is 238 g/mol. The summed E-state index contributed by atoms with van der Waals surface area (Å²) < 4.78 is 7.60. The van der Waals surface area contributed by atoms with Gasteiger partial charge in [0.05, 0.1) is 23.2 Å². The number of ether oxygens (including phenoxy) is 1. The fourth-order valence-corrected chi connectivity index (χ4v) is 2.10. The Bertz CT molecular complexity index is 585. The first kappa shape index (κ1) is 12.1. The molecule has 19 heavy (non-hydrogen) atoms. The zero-order valence-corrected chi connectivity index (χ0v) is 11.3. The molecule has 0 radical (unpaired) electrons. The summed E-state index contributed by atoms with van der Waals surface area (Å²) in [7, 11) is 0. The van der Waals surface area contributed by atoms with E-state index in [0.717, 1.165) is 11.4 Å². The Morgan fingerprint density at radius 3 is 2.79 bits per heavy atom. The van der Waals surface area contributed by atoms with Crippen LogP contribution in [-0.4, -0.2) is 15.9 Å². The Labute approximate surface area is 113 Å². The van der Waals surface area contributed by atoms with Crippen LogP contribution >= 0.6 is 0 Å². The molecule has 0 aliphatic heterocycles. The van der Waals surface area contributed by atoms with Crippen LogP contribution in [0.3, 0.4) is 0 Å². The van der Waals surface area contributed by atoms with Crippen LogP contribution in [-0.2, 0) is 0 Å². The van der Waals surface area contributed by atoms with Crippen LogP contribution in [0, 0.1) is 0 Å². The highest BCUT2D eigenvalue weighted by Crippen LogP contribution is 2.39. The van der Waals surface area contributed by atoms with Crippen LogP contribution < -0.4 is 10.5 Å². The summed E-state index contributed by atoms with van der Waals surface area (Å²) >= 11 is 0. The molecule has 1 saturated carbocycles. The van der Waals surface area contributed by atoms with E-state index >= 15 is 0 Å². The van der Waals surface area contributed by atoms with Crippen molar-refractivity contribution in [1.82, 2.24) is 9.78 Å². The summed E-state index contributed by atoms with van der Waals surface area (Å²) in [6, 6.07) is 7.87. The minimum absolute atomic E-state index is 0.109. The Balaban J connectivity index is 1.90. The van der Waals surface area contributed by atoms with Gasteiger partial charge in [-0.25, -0.2) is 4.68 Å². The molecule has 1 aliphatic carbocycles. The molecule has 1 aromatic carbocycles. The molecule has 0 amide bonds. The smallest absolute Gasteiger partial charge is 0.144 e. The number of anilines is 1. The largest absolute Gasteiger partial charge is 0.489 e. The van der Waals surface area contributed by atoms with Gasteiger partial charge in [0.2, 0.25) is 0 Å². The zero-order chi connectivity index (χ0) is 13.4. The molecule has 2 N–H and O–H groups in total. The van der Waals surface area contributed by atoms with Crippen LogP contribution in [0.15, 0.2) is 30.5 Å². The number of aromatic nitrogens is 2. The van der Waals surface area contributed by atoms with Crippen molar-refractivity contribution in [3.05, 3.63) is 36.2 Å². The van der Waals surface area contributed by atoms with Gasteiger partial charge in [-0.1, -0.05) is 0 Å². The first-order valence-corrected chi connectivity index (χ1v) is 6.75. The van der Waals surface area contributed by atoms with Gasteiger partial charge in [-0.3, -0.25) is 0 Å². The molecule has 2 aromatic rings. The molecule has 4 heteroatoms. The number of hydrogen-bond donors (Lipinski definition) is 1. The van der Waals surface area contributed by atoms with Gasteiger partial charge in [0.15, 0.2) is 0 Å². The number of nitrogens with two attached hydrogens (primary N) is 1. The van der Waals surface area contributed by atoms with Crippen LogP contribution in [0.25, 0.3) is 5.69 Å². The Morgan fingerprint density at radius 1 is 1.32 bits per heavy atom. The average Bonchev–Trinajstić information content (AvgIpc) is 3.10. The SMILES string of the molecule is CC(C)Oc1cc(-n2ccc(C3CC3)n2)ccc1N. The van der Waals surface area contributed by atoms with Gasteiger partial charge in [0.25, 0.3) is 0 Å². The Morgan fingerprint density at radius 2 is 2.11 bits per heavy atom. The van der Waals surface area contributed by atoms with Crippen LogP contribution in [0.5, 0.6) is 5.75 Å². The van der Waals surface area contributed by atoms with Crippen molar-refractivity contribution >= 4 is 5.69 Å². The predicted molar refractivity (Wildman–Crippen MR) is 75.7 cm³/mol. The third-order valence-corrected chi connectivity index (χ3v) is 3.23. The molecule has 100 valence electrons. The van der Waals surface area contributed by atoms with Crippen molar-refractivity contribution in [3.63, 3.8) is 0 Å². The number of nitrogen functional groups attached to an aromatic ring is 1. The molecule has 0 saturated heterocycles. The highest BCUT2D eigenvalue weighted by Gasteiger charge is 2.25. The fourth-order valence-electron chi connectivity index (χ4n) is 2.10. The number of benzene rings is 1. The van der Waals surface area contributed by atoms with Crippen LogP contribution in [0.2, 0.25) is 0 Å². The molecule has 0 spiro atoms. The van der Waals surface area contributed by atoms with Gasteiger partial charge >= 0.3 is 0 Å². The van der Waals surface area contributed by atoms with E-state index in [-0.39, 0.29) is 6.10 Å². The van der Waals surface area contributed by atoms with Gasteiger partial charge in [-0.05, 0) is 44.9 Å². The lowest BCUT2D eigenvalue weighted by molar-refractivity contribution is 0.244. The van der Waals surface area contributed by atoms with E-state index in [1.54, 1.807) is 0 Å². The molecule has 1 heterocycles. The minimum atomic E-state index is 0.109. The standard InChI is InChI=1S/C15H19N3O/c1-10(2)19-15-9-12(5-6-13(15)16)18-8-7-14(17-18)11-3-4-11/h5-11H,3-4,16H2,1-2H3. The van der Waals surface area contributed by atoms with Crippen molar-refractivity contribution < 1.29 is 4.74 Å². The molecule has 1 aromatic heterocycles. The van der Waals surface area contributed by atoms with E-state index in [4.69, 9.17) is 10.5 Å². The monoisotopic (exact) mass is 257 g/mol. The quantitative estimate of drug-likeness (QED) is 0.856. The molecule has 1 aliphatic rings. The van der Waals surface area contributed by atoms with Crippen molar-refractivity contribution in [2.75, 3.05) is 5.73 Å². The Kier molecular flexibility index (Phi) is 2.93. The molecule has 0 bridgehead atoms. The Hall–Kier alpha value is -1.97. The summed E-state index contributed by atoms with van der Waals surface area (Å²) in [6.07, 6.45) is 4.64. The van der Waals surface area contributed by atoms with E-state index in [0.29, 0.717) is 11.6 Å².